The van der Waals surface area contributed by atoms with Crippen LogP contribution in [0.4, 0.5) is 18.9 Å². The van der Waals surface area contributed by atoms with Gasteiger partial charge in [0.05, 0.1) is 31.0 Å². The molecule has 2 heterocycles. The number of carbonyl (C=O) groups is 1. The summed E-state index contributed by atoms with van der Waals surface area (Å²) in [7, 11) is 1.63. The van der Waals surface area contributed by atoms with E-state index < -0.39 is 17.3 Å². The van der Waals surface area contributed by atoms with Crippen molar-refractivity contribution in [2.45, 2.75) is 11.8 Å². The van der Waals surface area contributed by atoms with E-state index in [-0.39, 0.29) is 19.0 Å². The van der Waals surface area contributed by atoms with Crippen LogP contribution in [0, 0.1) is 0 Å². The van der Waals surface area contributed by atoms with Crippen LogP contribution in [0.1, 0.15) is 21.5 Å². The molecule has 0 saturated carbocycles. The Balaban J connectivity index is 1.40. The highest BCUT2D eigenvalue weighted by Gasteiger charge is 2.40. The number of methoxy groups -OCH3 is 1. The van der Waals surface area contributed by atoms with Gasteiger partial charge in [-0.15, -0.1) is 0 Å². The lowest BCUT2D eigenvalue weighted by Gasteiger charge is -2.40. The maximum atomic E-state index is 12.9. The van der Waals surface area contributed by atoms with Gasteiger partial charge >= 0.3 is 6.18 Å². The molecule has 168 valence electrons. The van der Waals surface area contributed by atoms with Crippen LogP contribution in [0.25, 0.3) is 0 Å². The van der Waals surface area contributed by atoms with Gasteiger partial charge in [0.2, 0.25) is 0 Å². The summed E-state index contributed by atoms with van der Waals surface area (Å²) in [4.78, 5) is 18.7. The molecule has 6 nitrogen and oxygen atoms in total. The minimum absolute atomic E-state index is 0.172. The van der Waals surface area contributed by atoms with Crippen molar-refractivity contribution in [2.24, 2.45) is 10.7 Å². The molecule has 2 aromatic carbocycles. The Hall–Kier alpha value is -3.17. The Kier molecular flexibility index (Phi) is 5.79. The highest BCUT2D eigenvalue weighted by atomic mass is 19.4. The zero-order chi connectivity index (χ0) is 22.9. The van der Waals surface area contributed by atoms with E-state index in [1.807, 2.05) is 12.1 Å². The van der Waals surface area contributed by atoms with E-state index >= 15 is 0 Å². The van der Waals surface area contributed by atoms with Gasteiger partial charge in [-0.05, 0) is 42.0 Å². The van der Waals surface area contributed by atoms with Gasteiger partial charge in [-0.1, -0.05) is 12.1 Å². The molecule has 2 aromatic rings. The maximum absolute atomic E-state index is 12.9. The zero-order valence-corrected chi connectivity index (χ0v) is 17.4. The van der Waals surface area contributed by atoms with Gasteiger partial charge in [0.1, 0.15) is 5.60 Å². The average Bonchev–Trinajstić information content (AvgIpc) is 3.12. The lowest BCUT2D eigenvalue weighted by atomic mass is 9.91. The molecule has 1 amide bonds. The van der Waals surface area contributed by atoms with Gasteiger partial charge in [0.15, 0.2) is 0 Å². The Morgan fingerprint density at radius 2 is 1.78 bits per heavy atom. The Labute approximate surface area is 183 Å². The van der Waals surface area contributed by atoms with Crippen molar-refractivity contribution in [3.8, 4) is 0 Å². The normalized spacial score (nSPS) is 18.3. The fourth-order valence-electron chi connectivity index (χ4n) is 3.62. The molecule has 4 rings (SSSR count). The highest BCUT2D eigenvalue weighted by molar-refractivity contribution is 5.96. The van der Waals surface area contributed by atoms with E-state index in [0.717, 1.165) is 17.7 Å². The molecule has 0 atom stereocenters. The van der Waals surface area contributed by atoms with Crippen molar-refractivity contribution in [3.05, 3.63) is 76.5 Å². The molecule has 32 heavy (non-hydrogen) atoms. The SMILES string of the molecule is COC1(c2ccc(C(=O)N3CC(N)=C(C=Nc4ccc(C(F)(F)F)cc4)C3)cc2)COC1. The minimum Gasteiger partial charge on any atom is -0.400 e. The third kappa shape index (κ3) is 4.26. The summed E-state index contributed by atoms with van der Waals surface area (Å²) in [6, 6.07) is 11.7. The molecule has 1 fully saturated rings. The molecule has 0 radical (unpaired) electrons. The summed E-state index contributed by atoms with van der Waals surface area (Å²) in [6.45, 7) is 1.48. The van der Waals surface area contributed by atoms with E-state index in [0.29, 0.717) is 35.7 Å². The largest absolute Gasteiger partial charge is 0.416 e. The topological polar surface area (TPSA) is 77.2 Å². The summed E-state index contributed by atoms with van der Waals surface area (Å²) in [5, 5.41) is 0. The second-order valence-electron chi connectivity index (χ2n) is 7.78. The van der Waals surface area contributed by atoms with Gasteiger partial charge in [-0.25, -0.2) is 0 Å². The molecular formula is C23H22F3N3O3. The molecule has 1 saturated heterocycles. The van der Waals surface area contributed by atoms with Crippen LogP contribution in [0.2, 0.25) is 0 Å². The van der Waals surface area contributed by atoms with Crippen LogP contribution < -0.4 is 5.73 Å². The predicted octanol–water partition coefficient (Wildman–Crippen LogP) is 3.65. The van der Waals surface area contributed by atoms with E-state index in [1.54, 1.807) is 24.1 Å². The maximum Gasteiger partial charge on any atom is 0.416 e. The molecular weight excluding hydrogens is 423 g/mol. The lowest BCUT2D eigenvalue weighted by Crippen LogP contribution is -2.48. The summed E-state index contributed by atoms with van der Waals surface area (Å²) in [6.07, 6.45) is -2.90. The lowest BCUT2D eigenvalue weighted by molar-refractivity contribution is -0.202. The summed E-state index contributed by atoms with van der Waals surface area (Å²) in [5.74, 6) is -0.172. The van der Waals surface area contributed by atoms with Crippen LogP contribution >= 0.6 is 0 Å². The van der Waals surface area contributed by atoms with Gasteiger partial charge < -0.3 is 20.1 Å². The Morgan fingerprint density at radius 3 is 2.31 bits per heavy atom. The molecule has 0 spiro atoms. The van der Waals surface area contributed by atoms with Crippen molar-refractivity contribution in [1.29, 1.82) is 0 Å². The Morgan fingerprint density at radius 1 is 1.12 bits per heavy atom. The van der Waals surface area contributed by atoms with Crippen molar-refractivity contribution >= 4 is 17.8 Å². The van der Waals surface area contributed by atoms with E-state index in [4.69, 9.17) is 15.2 Å². The number of ether oxygens (including phenoxy) is 2. The smallest absolute Gasteiger partial charge is 0.400 e. The van der Waals surface area contributed by atoms with E-state index in [1.165, 1.54) is 18.3 Å². The molecule has 2 aliphatic rings. The molecule has 0 aliphatic carbocycles. The third-order valence-corrected chi connectivity index (χ3v) is 5.71. The summed E-state index contributed by atoms with van der Waals surface area (Å²) < 4.78 is 48.8. The number of nitrogens with zero attached hydrogens (tertiary/aromatic N) is 2. The van der Waals surface area contributed by atoms with Crippen molar-refractivity contribution < 1.29 is 27.4 Å². The number of hydrogen-bond donors (Lipinski definition) is 1. The van der Waals surface area contributed by atoms with Crippen molar-refractivity contribution in [3.63, 3.8) is 0 Å². The van der Waals surface area contributed by atoms with Crippen LogP contribution in [0.3, 0.4) is 0 Å². The molecule has 2 aliphatic heterocycles. The first-order chi connectivity index (χ1) is 15.2. The summed E-state index contributed by atoms with van der Waals surface area (Å²) >= 11 is 0. The molecule has 2 N–H and O–H groups in total. The number of rotatable bonds is 5. The first kappa shape index (κ1) is 22.0. The second-order valence-corrected chi connectivity index (χ2v) is 7.78. The van der Waals surface area contributed by atoms with Crippen molar-refractivity contribution in [1.82, 2.24) is 4.90 Å². The number of alkyl halides is 3. The number of benzene rings is 2. The van der Waals surface area contributed by atoms with Crippen LogP contribution in [-0.2, 0) is 21.3 Å². The van der Waals surface area contributed by atoms with Crippen molar-refractivity contribution in [2.75, 3.05) is 33.4 Å². The van der Waals surface area contributed by atoms with Crippen LogP contribution in [0.5, 0.6) is 0 Å². The highest BCUT2D eigenvalue weighted by Crippen LogP contribution is 2.33. The number of hydrogen-bond acceptors (Lipinski definition) is 5. The minimum atomic E-state index is -4.39. The Bertz CT molecular complexity index is 1050. The van der Waals surface area contributed by atoms with Gasteiger partial charge in [0, 0.05) is 36.7 Å². The number of amides is 1. The second kappa shape index (κ2) is 8.40. The first-order valence-electron chi connectivity index (χ1n) is 9.93. The van der Waals surface area contributed by atoms with E-state index in [2.05, 4.69) is 4.99 Å². The predicted molar refractivity (Wildman–Crippen MR) is 113 cm³/mol. The number of nitrogens with two attached hydrogens (primary N) is 1. The van der Waals surface area contributed by atoms with Gasteiger partial charge in [0.25, 0.3) is 5.91 Å². The van der Waals surface area contributed by atoms with Crippen LogP contribution in [-0.4, -0.2) is 50.4 Å². The molecule has 0 bridgehead atoms. The van der Waals surface area contributed by atoms with E-state index in [9.17, 15) is 18.0 Å². The number of carbonyl (C=O) groups excluding carboxylic acids is 1. The fourth-order valence-corrected chi connectivity index (χ4v) is 3.62. The first-order valence-corrected chi connectivity index (χ1v) is 9.93. The molecule has 9 heteroatoms. The summed E-state index contributed by atoms with van der Waals surface area (Å²) in [5.41, 5.74) is 7.87. The fraction of sp³-hybridized carbons (Fsp3) is 0.304. The van der Waals surface area contributed by atoms with Gasteiger partial charge in [-0.2, -0.15) is 13.2 Å². The number of aliphatic imine (C=N–C) groups is 1. The molecule has 0 unspecified atom stereocenters. The molecule has 0 aromatic heterocycles. The standard InChI is InChI=1S/C23H22F3N3O3/c1-31-22(13-32-14-22)17-4-2-15(3-5-17)21(30)29-11-16(20(27)12-29)10-28-19-8-6-18(7-9-19)23(24,25)26/h2-10H,11-14,27H2,1H3. The quantitative estimate of drug-likeness (QED) is 0.713. The number of halogens is 3. The average molecular weight is 445 g/mol. The third-order valence-electron chi connectivity index (χ3n) is 5.71. The van der Waals surface area contributed by atoms with Crippen LogP contribution in [0.15, 0.2) is 64.8 Å². The van der Waals surface area contributed by atoms with Gasteiger partial charge in [-0.3, -0.25) is 9.79 Å². The zero-order valence-electron chi connectivity index (χ0n) is 17.4. The monoisotopic (exact) mass is 445 g/mol.